The lowest BCUT2D eigenvalue weighted by Gasteiger charge is -2.39. The maximum absolute atomic E-state index is 11.8. The molecule has 0 bridgehead atoms. The molecule has 1 aliphatic heterocycles. The third kappa shape index (κ3) is 2.90. The number of carboxylic acids is 1. The Balaban J connectivity index is 1.99. The molecule has 2 rings (SSSR count). The van der Waals surface area contributed by atoms with Crippen molar-refractivity contribution in [2.24, 2.45) is 0 Å². The zero-order valence-electron chi connectivity index (χ0n) is 9.93. The number of aliphatic carboxylic acids is 1. The van der Waals surface area contributed by atoms with E-state index in [-0.39, 0.29) is 24.6 Å². The van der Waals surface area contributed by atoms with Gasteiger partial charge < -0.3 is 14.7 Å². The molecule has 1 heterocycles. The molecule has 17 heavy (non-hydrogen) atoms. The fourth-order valence-electron chi connectivity index (χ4n) is 2.85. The minimum absolute atomic E-state index is 0.0513. The third-order valence-electron chi connectivity index (χ3n) is 3.69. The van der Waals surface area contributed by atoms with Gasteiger partial charge in [0.2, 0.25) is 0 Å². The van der Waals surface area contributed by atoms with Gasteiger partial charge in [0.1, 0.15) is 0 Å². The van der Waals surface area contributed by atoms with Gasteiger partial charge in [-0.1, -0.05) is 12.8 Å². The molecule has 1 saturated carbocycles. The van der Waals surface area contributed by atoms with E-state index in [1.54, 1.807) is 4.90 Å². The van der Waals surface area contributed by atoms with Gasteiger partial charge in [-0.2, -0.15) is 0 Å². The van der Waals surface area contributed by atoms with Crippen molar-refractivity contribution in [2.75, 3.05) is 6.61 Å². The Bertz CT molecular complexity index is 299. The van der Waals surface area contributed by atoms with Gasteiger partial charge in [0.15, 0.2) is 0 Å². The number of nitrogens with zero attached hydrogens (tertiary/aromatic N) is 1. The third-order valence-corrected chi connectivity index (χ3v) is 3.69. The molecule has 0 aromatic carbocycles. The van der Waals surface area contributed by atoms with Crippen LogP contribution in [0.4, 0.5) is 4.79 Å². The van der Waals surface area contributed by atoms with Crippen molar-refractivity contribution in [3.8, 4) is 0 Å². The number of cyclic esters (lactones) is 1. The van der Waals surface area contributed by atoms with Crippen LogP contribution in [0.2, 0.25) is 0 Å². The van der Waals surface area contributed by atoms with Crippen molar-refractivity contribution in [1.82, 2.24) is 4.90 Å². The number of ether oxygens (including phenoxy) is 1. The van der Waals surface area contributed by atoms with E-state index < -0.39 is 5.97 Å². The van der Waals surface area contributed by atoms with Gasteiger partial charge in [-0.3, -0.25) is 4.79 Å². The summed E-state index contributed by atoms with van der Waals surface area (Å²) in [4.78, 5) is 24.2. The largest absolute Gasteiger partial charge is 0.481 e. The van der Waals surface area contributed by atoms with Gasteiger partial charge in [-0.05, 0) is 19.3 Å². The minimum atomic E-state index is -0.796. The summed E-state index contributed by atoms with van der Waals surface area (Å²) in [7, 11) is 0. The monoisotopic (exact) mass is 241 g/mol. The quantitative estimate of drug-likeness (QED) is 0.817. The summed E-state index contributed by atoms with van der Waals surface area (Å²) >= 11 is 0. The van der Waals surface area contributed by atoms with Crippen LogP contribution in [0.3, 0.4) is 0 Å². The normalized spacial score (nSPS) is 26.0. The first-order valence-corrected chi connectivity index (χ1v) is 6.35. The predicted octanol–water partition coefficient (Wildman–Crippen LogP) is 2.00. The van der Waals surface area contributed by atoms with Gasteiger partial charge in [0.25, 0.3) is 0 Å². The van der Waals surface area contributed by atoms with Crippen LogP contribution in [-0.4, -0.2) is 40.8 Å². The maximum atomic E-state index is 11.8. The summed E-state index contributed by atoms with van der Waals surface area (Å²) in [5, 5.41) is 8.73. The van der Waals surface area contributed by atoms with Crippen LogP contribution in [-0.2, 0) is 9.53 Å². The van der Waals surface area contributed by atoms with E-state index in [1.165, 1.54) is 0 Å². The van der Waals surface area contributed by atoms with Crippen LogP contribution >= 0.6 is 0 Å². The zero-order chi connectivity index (χ0) is 12.3. The van der Waals surface area contributed by atoms with Crippen molar-refractivity contribution >= 4 is 12.1 Å². The highest BCUT2D eigenvalue weighted by Gasteiger charge is 2.36. The summed E-state index contributed by atoms with van der Waals surface area (Å²) in [6.07, 6.45) is 5.54. The summed E-state index contributed by atoms with van der Waals surface area (Å²) in [6.45, 7) is 0.423. The SMILES string of the molecule is O=C(O)CCC1CCOC(=O)N1C1CCCC1. The molecule has 1 aliphatic carbocycles. The summed E-state index contributed by atoms with van der Waals surface area (Å²) < 4.78 is 5.08. The van der Waals surface area contributed by atoms with E-state index in [4.69, 9.17) is 9.84 Å². The highest BCUT2D eigenvalue weighted by atomic mass is 16.6. The van der Waals surface area contributed by atoms with E-state index in [0.29, 0.717) is 13.0 Å². The highest BCUT2D eigenvalue weighted by molar-refractivity contribution is 5.70. The van der Waals surface area contributed by atoms with Crippen molar-refractivity contribution in [3.63, 3.8) is 0 Å². The molecule has 0 radical (unpaired) electrons. The molecule has 96 valence electrons. The number of carbonyl (C=O) groups excluding carboxylic acids is 1. The van der Waals surface area contributed by atoms with Gasteiger partial charge >= 0.3 is 12.1 Å². The van der Waals surface area contributed by atoms with Crippen molar-refractivity contribution in [2.45, 2.75) is 57.0 Å². The maximum Gasteiger partial charge on any atom is 0.410 e. The Morgan fingerprint density at radius 2 is 2.06 bits per heavy atom. The number of hydrogen-bond acceptors (Lipinski definition) is 3. The molecule has 2 fully saturated rings. The highest BCUT2D eigenvalue weighted by Crippen LogP contribution is 2.30. The molecule has 1 saturated heterocycles. The molecular formula is C12H19NO4. The molecule has 0 aromatic heterocycles. The Morgan fingerprint density at radius 3 is 2.71 bits per heavy atom. The van der Waals surface area contributed by atoms with E-state index in [2.05, 4.69) is 0 Å². The van der Waals surface area contributed by atoms with Crippen LogP contribution in [0.1, 0.15) is 44.9 Å². The Hall–Kier alpha value is -1.26. The second-order valence-electron chi connectivity index (χ2n) is 4.83. The van der Waals surface area contributed by atoms with Gasteiger partial charge in [-0.15, -0.1) is 0 Å². The van der Waals surface area contributed by atoms with Crippen LogP contribution in [0.25, 0.3) is 0 Å². The zero-order valence-corrected chi connectivity index (χ0v) is 9.93. The van der Waals surface area contributed by atoms with Crippen LogP contribution in [0.5, 0.6) is 0 Å². The average Bonchev–Trinajstić information content (AvgIpc) is 2.79. The van der Waals surface area contributed by atoms with Crippen molar-refractivity contribution < 1.29 is 19.4 Å². The topological polar surface area (TPSA) is 66.8 Å². The van der Waals surface area contributed by atoms with Crippen LogP contribution in [0.15, 0.2) is 0 Å². The Kier molecular flexibility index (Phi) is 3.86. The number of hydrogen-bond donors (Lipinski definition) is 1. The fourth-order valence-corrected chi connectivity index (χ4v) is 2.85. The number of carboxylic acid groups (broad SMARTS) is 1. The predicted molar refractivity (Wildman–Crippen MR) is 60.7 cm³/mol. The average molecular weight is 241 g/mol. The molecule has 0 spiro atoms. The first kappa shape index (κ1) is 12.2. The first-order chi connectivity index (χ1) is 8.18. The molecule has 1 unspecified atom stereocenters. The molecule has 5 nitrogen and oxygen atoms in total. The molecule has 1 N–H and O–H groups in total. The number of carbonyl (C=O) groups is 2. The smallest absolute Gasteiger partial charge is 0.410 e. The Morgan fingerprint density at radius 1 is 1.35 bits per heavy atom. The van der Waals surface area contributed by atoms with E-state index in [9.17, 15) is 9.59 Å². The second kappa shape index (κ2) is 5.38. The van der Waals surface area contributed by atoms with Gasteiger partial charge in [0, 0.05) is 24.9 Å². The molecule has 1 atom stereocenters. The Labute approximate surface area is 101 Å². The van der Waals surface area contributed by atoms with Gasteiger partial charge in [-0.25, -0.2) is 4.79 Å². The van der Waals surface area contributed by atoms with Gasteiger partial charge in [0.05, 0.1) is 6.61 Å². The van der Waals surface area contributed by atoms with E-state index in [0.717, 1.165) is 32.1 Å². The lowest BCUT2D eigenvalue weighted by atomic mass is 10.0. The summed E-state index contributed by atoms with van der Waals surface area (Å²) in [5.74, 6) is -0.796. The minimum Gasteiger partial charge on any atom is -0.481 e. The molecule has 0 aromatic rings. The lowest BCUT2D eigenvalue weighted by molar-refractivity contribution is -0.137. The molecule has 1 amide bonds. The van der Waals surface area contributed by atoms with Crippen LogP contribution < -0.4 is 0 Å². The fraction of sp³-hybridized carbons (Fsp3) is 0.833. The van der Waals surface area contributed by atoms with Crippen molar-refractivity contribution in [1.29, 1.82) is 0 Å². The summed E-state index contributed by atoms with van der Waals surface area (Å²) in [6, 6.07) is 0.317. The van der Waals surface area contributed by atoms with E-state index >= 15 is 0 Å². The standard InChI is InChI=1S/C12H19NO4/c14-11(15)6-5-10-7-8-17-12(16)13(10)9-3-1-2-4-9/h9-10H,1-8H2,(H,14,15). The molecule has 5 heteroatoms. The van der Waals surface area contributed by atoms with E-state index in [1.807, 2.05) is 0 Å². The lowest BCUT2D eigenvalue weighted by Crippen LogP contribution is -2.50. The van der Waals surface area contributed by atoms with Crippen LogP contribution in [0, 0.1) is 0 Å². The summed E-state index contributed by atoms with van der Waals surface area (Å²) in [5.41, 5.74) is 0. The number of rotatable bonds is 4. The first-order valence-electron chi connectivity index (χ1n) is 6.35. The second-order valence-corrected chi connectivity index (χ2v) is 4.83. The van der Waals surface area contributed by atoms with Crippen molar-refractivity contribution in [3.05, 3.63) is 0 Å². The molecular weight excluding hydrogens is 222 g/mol. The molecule has 2 aliphatic rings. The number of amides is 1.